The second kappa shape index (κ2) is 7.06. The molecule has 0 aromatic heterocycles. The summed E-state index contributed by atoms with van der Waals surface area (Å²) in [7, 11) is 0. The van der Waals surface area contributed by atoms with E-state index in [1.807, 2.05) is 19.2 Å². The molecule has 0 rings (SSSR count). The molecule has 0 fully saturated rings. The Morgan fingerprint density at radius 2 is 1.64 bits per heavy atom. The highest BCUT2D eigenvalue weighted by Gasteiger charge is 2.11. The van der Waals surface area contributed by atoms with E-state index in [1.165, 1.54) is 0 Å². The normalized spacial score (nSPS) is 9.29. The zero-order valence-corrected chi connectivity index (χ0v) is 8.50. The van der Waals surface area contributed by atoms with Crippen molar-refractivity contribution in [2.75, 3.05) is 0 Å². The van der Waals surface area contributed by atoms with Gasteiger partial charge in [-0.3, -0.25) is 14.9 Å². The van der Waals surface area contributed by atoms with Crippen LogP contribution in [0.5, 0.6) is 0 Å². The summed E-state index contributed by atoms with van der Waals surface area (Å²) < 4.78 is 0. The van der Waals surface area contributed by atoms with Crippen LogP contribution in [0.15, 0.2) is 0 Å². The first kappa shape index (κ1) is 12.6. The molecule has 0 atom stereocenters. The molecule has 0 saturated carbocycles. The second-order valence-corrected chi connectivity index (χ2v) is 2.86. The number of nitrogens with zero attached hydrogens (tertiary/aromatic N) is 1. The Balaban J connectivity index is 3.75. The van der Waals surface area contributed by atoms with Gasteiger partial charge in [0.05, 0.1) is 0 Å². The van der Waals surface area contributed by atoms with Crippen LogP contribution in [0, 0.1) is 0 Å². The van der Waals surface area contributed by atoms with Gasteiger partial charge in [-0.2, -0.15) is 5.32 Å². The molecule has 1 radical (unpaired) electrons. The lowest BCUT2D eigenvalue weighted by atomic mass is 10.3. The molecule has 0 aromatic rings. The van der Waals surface area contributed by atoms with Crippen LogP contribution in [-0.2, 0) is 9.59 Å². The van der Waals surface area contributed by atoms with Gasteiger partial charge < -0.3 is 0 Å². The Morgan fingerprint density at radius 1 is 1.07 bits per heavy atom. The Bertz CT molecular complexity index is 204. The number of hydrogen-bond acceptors (Lipinski definition) is 3. The molecule has 0 aliphatic carbocycles. The van der Waals surface area contributed by atoms with Crippen molar-refractivity contribution in [1.29, 1.82) is 0 Å². The van der Waals surface area contributed by atoms with Crippen LogP contribution >= 0.6 is 0 Å². The molecule has 0 spiro atoms. The Hall–Kier alpha value is -1.39. The summed E-state index contributed by atoms with van der Waals surface area (Å²) in [5, 5.41) is 5.18. The molecule has 0 aliphatic rings. The minimum absolute atomic E-state index is 0.232. The summed E-state index contributed by atoms with van der Waals surface area (Å²) in [5.74, 6) is -0.889. The van der Waals surface area contributed by atoms with E-state index in [1.54, 1.807) is 0 Å². The number of amides is 4. The van der Waals surface area contributed by atoms with Gasteiger partial charge in [0.25, 0.3) is 0 Å². The maximum atomic E-state index is 10.9. The van der Waals surface area contributed by atoms with Crippen molar-refractivity contribution in [3.05, 3.63) is 0 Å². The molecule has 4 amide bonds. The minimum Gasteiger partial charge on any atom is -0.276 e. The average molecular weight is 199 g/mol. The first-order valence-corrected chi connectivity index (χ1v) is 4.68. The van der Waals surface area contributed by atoms with Gasteiger partial charge in [-0.25, -0.2) is 4.79 Å². The third-order valence-corrected chi connectivity index (χ3v) is 1.41. The molecule has 5 heteroatoms. The molecule has 0 saturated heterocycles. The molecule has 14 heavy (non-hydrogen) atoms. The van der Waals surface area contributed by atoms with Crippen molar-refractivity contribution >= 4 is 17.8 Å². The molecule has 0 heterocycles. The van der Waals surface area contributed by atoms with Crippen LogP contribution in [-0.4, -0.2) is 17.8 Å². The van der Waals surface area contributed by atoms with Crippen LogP contribution < -0.4 is 10.6 Å². The highest BCUT2D eigenvalue weighted by molar-refractivity contribution is 6.01. The maximum Gasteiger partial charge on any atom is 0.350 e. The van der Waals surface area contributed by atoms with Crippen LogP contribution in [0.25, 0.3) is 0 Å². The quantitative estimate of drug-likeness (QED) is 0.732. The number of carbonyl (C=O) groups is 3. The largest absolute Gasteiger partial charge is 0.350 e. The Kier molecular flexibility index (Phi) is 6.36. The number of nitrogens with one attached hydrogen (secondary N) is 1. The predicted octanol–water partition coefficient (Wildman–Crippen LogP) is 0.954. The van der Waals surface area contributed by atoms with Gasteiger partial charge in [0.15, 0.2) is 0 Å². The fourth-order valence-electron chi connectivity index (χ4n) is 0.820. The molecular formula is C9H15N2O3. The van der Waals surface area contributed by atoms with Crippen molar-refractivity contribution in [2.45, 2.75) is 39.5 Å². The predicted molar refractivity (Wildman–Crippen MR) is 50.5 cm³/mol. The van der Waals surface area contributed by atoms with E-state index < -0.39 is 17.8 Å². The number of urea groups is 1. The molecule has 1 N–H and O–H groups in total. The summed E-state index contributed by atoms with van der Waals surface area (Å²) >= 11 is 0. The van der Waals surface area contributed by atoms with Crippen molar-refractivity contribution < 1.29 is 14.4 Å². The lowest BCUT2D eigenvalue weighted by Crippen LogP contribution is -2.37. The number of imide groups is 2. The van der Waals surface area contributed by atoms with E-state index in [2.05, 4.69) is 5.32 Å². The summed E-state index contributed by atoms with van der Waals surface area (Å²) in [5.41, 5.74) is 0. The van der Waals surface area contributed by atoms with Crippen molar-refractivity contribution in [3.63, 3.8) is 0 Å². The van der Waals surface area contributed by atoms with Crippen molar-refractivity contribution in [3.8, 4) is 0 Å². The van der Waals surface area contributed by atoms with E-state index in [9.17, 15) is 14.4 Å². The first-order chi connectivity index (χ1) is 6.60. The van der Waals surface area contributed by atoms with Crippen LogP contribution in [0.2, 0.25) is 0 Å². The van der Waals surface area contributed by atoms with Gasteiger partial charge in [-0.15, -0.1) is 0 Å². The van der Waals surface area contributed by atoms with Gasteiger partial charge in [-0.05, 0) is 12.8 Å². The minimum atomic E-state index is -0.859. The van der Waals surface area contributed by atoms with Crippen LogP contribution in [0.4, 0.5) is 4.79 Å². The van der Waals surface area contributed by atoms with Gasteiger partial charge in [0.1, 0.15) is 0 Å². The topological polar surface area (TPSA) is 77.3 Å². The van der Waals surface area contributed by atoms with Gasteiger partial charge in [0, 0.05) is 12.8 Å². The van der Waals surface area contributed by atoms with Gasteiger partial charge in [0.2, 0.25) is 11.8 Å². The fraction of sp³-hybridized carbons (Fsp3) is 0.667. The molecule has 0 unspecified atom stereocenters. The molecular weight excluding hydrogens is 184 g/mol. The lowest BCUT2D eigenvalue weighted by molar-refractivity contribution is -0.120. The number of hydrogen-bond donors (Lipinski definition) is 1. The smallest absolute Gasteiger partial charge is 0.276 e. The maximum absolute atomic E-state index is 10.9. The summed E-state index contributed by atoms with van der Waals surface area (Å²) in [6, 6.07) is -0.859. The zero-order valence-electron chi connectivity index (χ0n) is 8.50. The van der Waals surface area contributed by atoms with E-state index in [4.69, 9.17) is 0 Å². The van der Waals surface area contributed by atoms with Crippen LogP contribution in [0.3, 0.4) is 0 Å². The van der Waals surface area contributed by atoms with Gasteiger partial charge in [-0.1, -0.05) is 13.8 Å². The van der Waals surface area contributed by atoms with E-state index in [0.29, 0.717) is 12.8 Å². The molecule has 79 valence electrons. The number of rotatable bonds is 4. The molecule has 5 nitrogen and oxygen atoms in total. The molecule has 0 bridgehead atoms. The van der Waals surface area contributed by atoms with E-state index >= 15 is 0 Å². The number of carbonyl (C=O) groups excluding carboxylic acids is 3. The monoisotopic (exact) mass is 199 g/mol. The summed E-state index contributed by atoms with van der Waals surface area (Å²) in [6.07, 6.45) is 1.79. The second-order valence-electron chi connectivity index (χ2n) is 2.86. The van der Waals surface area contributed by atoms with Crippen LogP contribution in [0.1, 0.15) is 39.5 Å². The SMILES string of the molecule is CCCC(=O)[N]C(=O)NC(=O)CCC. The molecule has 0 aromatic carbocycles. The third kappa shape index (κ3) is 6.16. The van der Waals surface area contributed by atoms with E-state index in [0.717, 1.165) is 0 Å². The summed E-state index contributed by atoms with van der Waals surface area (Å²) in [4.78, 5) is 32.6. The standard InChI is InChI=1S/C9H15N2O3/c1-3-5-7(12)10-9(14)11-8(13)6-4-2/h3-6H2,1-2H3,(H,10,12,14). The average Bonchev–Trinajstić information content (AvgIpc) is 2.03. The third-order valence-electron chi connectivity index (χ3n) is 1.41. The molecule has 0 aliphatic heterocycles. The fourth-order valence-corrected chi connectivity index (χ4v) is 0.820. The zero-order chi connectivity index (χ0) is 11.0. The van der Waals surface area contributed by atoms with Crippen molar-refractivity contribution in [1.82, 2.24) is 10.6 Å². The highest BCUT2D eigenvalue weighted by Crippen LogP contribution is 1.88. The summed E-state index contributed by atoms with van der Waals surface area (Å²) in [6.45, 7) is 3.64. The van der Waals surface area contributed by atoms with E-state index in [-0.39, 0.29) is 12.8 Å². The lowest BCUT2D eigenvalue weighted by Gasteiger charge is -2.01. The Labute approximate surface area is 83.2 Å². The van der Waals surface area contributed by atoms with Crippen molar-refractivity contribution in [2.24, 2.45) is 0 Å². The Morgan fingerprint density at radius 3 is 2.14 bits per heavy atom. The highest BCUT2D eigenvalue weighted by atomic mass is 16.2. The first-order valence-electron chi connectivity index (χ1n) is 4.68. The van der Waals surface area contributed by atoms with Gasteiger partial charge >= 0.3 is 6.03 Å².